The summed E-state index contributed by atoms with van der Waals surface area (Å²) in [7, 11) is 1.56. The van der Waals surface area contributed by atoms with Crippen molar-refractivity contribution in [3.63, 3.8) is 0 Å². The molecule has 230 valence electrons. The number of carbonyl (C=O) groups excluding carboxylic acids is 2. The molecule has 2 aromatic heterocycles. The number of fused-ring (bicyclic) bond motifs is 5. The molecule has 4 heterocycles. The molecule has 9 nitrogen and oxygen atoms in total. The Kier molecular flexibility index (Phi) is 6.92. The number of aromatic nitrogens is 2. The molecule has 11 heteroatoms. The van der Waals surface area contributed by atoms with Crippen LogP contribution in [0, 0.1) is 5.82 Å². The lowest BCUT2D eigenvalue weighted by molar-refractivity contribution is -0.129. The van der Waals surface area contributed by atoms with Crippen molar-refractivity contribution in [3.8, 4) is 22.7 Å². The van der Waals surface area contributed by atoms with Crippen molar-refractivity contribution >= 4 is 45.8 Å². The SMILES string of the molecule is C=CC(=O)N1C[C@@H](C)N2c3c(c(=O)n(-c4ccccc4C4CCC4)c4nc(-c5c(O)cccc5F)c(Cl)cc34)N(C)C(=O)[C@H]2C1. The Hall–Kier alpha value is -4.70. The molecule has 4 aromatic rings. The maximum atomic E-state index is 15.2. The zero-order chi connectivity index (χ0) is 31.7. The first kappa shape index (κ1) is 29.0. The van der Waals surface area contributed by atoms with Crippen LogP contribution in [0.3, 0.4) is 0 Å². The number of benzene rings is 2. The maximum Gasteiger partial charge on any atom is 0.282 e. The summed E-state index contributed by atoms with van der Waals surface area (Å²) in [5.74, 6) is -1.41. The van der Waals surface area contributed by atoms with Gasteiger partial charge in [0.25, 0.3) is 11.5 Å². The summed E-state index contributed by atoms with van der Waals surface area (Å²) in [5.41, 5.74) is 1.80. The van der Waals surface area contributed by atoms with Crippen LogP contribution in [-0.4, -0.2) is 63.6 Å². The summed E-state index contributed by atoms with van der Waals surface area (Å²) in [6, 6.07) is 12.1. The molecule has 0 unspecified atom stereocenters. The number of anilines is 2. The summed E-state index contributed by atoms with van der Waals surface area (Å²) >= 11 is 6.85. The number of phenolic OH excluding ortho intramolecular Hbond substituents is 1. The highest BCUT2D eigenvalue weighted by molar-refractivity contribution is 6.34. The highest BCUT2D eigenvalue weighted by Gasteiger charge is 2.46. The van der Waals surface area contributed by atoms with E-state index in [-0.39, 0.29) is 63.7 Å². The van der Waals surface area contributed by atoms with E-state index in [0.717, 1.165) is 24.8 Å². The number of rotatable bonds is 4. The molecule has 1 aliphatic carbocycles. The Bertz CT molecular complexity index is 1970. The van der Waals surface area contributed by atoms with Crippen molar-refractivity contribution in [2.24, 2.45) is 0 Å². The van der Waals surface area contributed by atoms with Gasteiger partial charge in [-0.1, -0.05) is 48.9 Å². The van der Waals surface area contributed by atoms with Crippen LogP contribution in [-0.2, 0) is 9.59 Å². The number of piperazine rings is 1. The molecule has 0 spiro atoms. The number of phenols is 1. The third-order valence-corrected chi connectivity index (χ3v) is 9.68. The van der Waals surface area contributed by atoms with Crippen molar-refractivity contribution in [1.82, 2.24) is 14.5 Å². The van der Waals surface area contributed by atoms with Crippen LogP contribution in [0.4, 0.5) is 15.8 Å². The maximum absolute atomic E-state index is 15.2. The lowest BCUT2D eigenvalue weighted by Gasteiger charge is -2.50. The van der Waals surface area contributed by atoms with E-state index in [4.69, 9.17) is 16.6 Å². The normalized spacial score (nSPS) is 19.7. The van der Waals surface area contributed by atoms with Gasteiger partial charge in [0.05, 0.1) is 34.2 Å². The average molecular weight is 628 g/mol. The smallest absolute Gasteiger partial charge is 0.282 e. The minimum absolute atomic E-state index is 0.0137. The highest BCUT2D eigenvalue weighted by atomic mass is 35.5. The van der Waals surface area contributed by atoms with Gasteiger partial charge in [-0.2, -0.15) is 0 Å². The van der Waals surface area contributed by atoms with Gasteiger partial charge in [-0.25, -0.2) is 9.37 Å². The Morgan fingerprint density at radius 1 is 1.11 bits per heavy atom. The second-order valence-corrected chi connectivity index (χ2v) is 12.4. The highest BCUT2D eigenvalue weighted by Crippen LogP contribution is 2.46. The zero-order valence-corrected chi connectivity index (χ0v) is 25.6. The van der Waals surface area contributed by atoms with E-state index >= 15 is 4.39 Å². The van der Waals surface area contributed by atoms with E-state index in [1.807, 2.05) is 36.1 Å². The molecular weight excluding hydrogens is 597 g/mol. The standard InChI is InChI=1S/C34H31ClFN5O4/c1-4-27(43)39-16-18(2)40-25(17-39)33(44)38(3)31-30(40)21-15-22(35)29(28-23(36)12-8-14-26(28)42)37-32(21)41(34(31)45)24-13-6-5-11-20(24)19-9-7-10-19/h4-6,8,11-15,18-19,25,42H,1,7,9-10,16-17H2,2-3H3/t18-,25-/m1/s1. The van der Waals surface area contributed by atoms with Crippen LogP contribution in [0.15, 0.2) is 66.0 Å². The van der Waals surface area contributed by atoms with Crippen LogP contribution >= 0.6 is 11.6 Å². The molecule has 1 saturated carbocycles. The number of nitrogens with zero attached hydrogens (tertiary/aromatic N) is 5. The molecule has 2 aromatic carbocycles. The van der Waals surface area contributed by atoms with Gasteiger partial charge in [-0.05, 0) is 61.6 Å². The zero-order valence-electron chi connectivity index (χ0n) is 24.8. The molecule has 7 rings (SSSR count). The van der Waals surface area contributed by atoms with Gasteiger partial charge < -0.3 is 19.8 Å². The molecule has 0 bridgehead atoms. The number of hydrogen-bond acceptors (Lipinski definition) is 6. The number of para-hydroxylation sites is 1. The average Bonchev–Trinajstić information content (AvgIpc) is 2.99. The minimum Gasteiger partial charge on any atom is -0.507 e. The van der Waals surface area contributed by atoms with E-state index in [1.165, 1.54) is 33.7 Å². The van der Waals surface area contributed by atoms with Crippen molar-refractivity contribution in [1.29, 1.82) is 0 Å². The van der Waals surface area contributed by atoms with Gasteiger partial charge >= 0.3 is 0 Å². The number of halogens is 2. The van der Waals surface area contributed by atoms with Crippen LogP contribution in [0.5, 0.6) is 5.75 Å². The largest absolute Gasteiger partial charge is 0.507 e. The van der Waals surface area contributed by atoms with Gasteiger partial charge in [-0.3, -0.25) is 19.0 Å². The first-order chi connectivity index (χ1) is 21.6. The van der Waals surface area contributed by atoms with Crippen LogP contribution in [0.2, 0.25) is 5.02 Å². The second kappa shape index (κ2) is 10.7. The Balaban J connectivity index is 1.58. The third-order valence-electron chi connectivity index (χ3n) is 9.39. The predicted molar refractivity (Wildman–Crippen MR) is 172 cm³/mol. The first-order valence-corrected chi connectivity index (χ1v) is 15.3. The molecule has 2 fully saturated rings. The molecule has 2 atom stereocenters. The summed E-state index contributed by atoms with van der Waals surface area (Å²) < 4.78 is 16.7. The van der Waals surface area contributed by atoms with Gasteiger partial charge in [0.2, 0.25) is 5.91 Å². The fourth-order valence-corrected chi connectivity index (χ4v) is 7.27. The fraction of sp³-hybridized carbons (Fsp3) is 0.294. The quantitative estimate of drug-likeness (QED) is 0.305. The van der Waals surface area contributed by atoms with Gasteiger partial charge in [0.1, 0.15) is 28.9 Å². The molecule has 3 aliphatic rings. The van der Waals surface area contributed by atoms with E-state index < -0.39 is 17.4 Å². The topological polar surface area (TPSA) is 99.0 Å². The lowest BCUT2D eigenvalue weighted by Crippen LogP contribution is -2.66. The number of likely N-dealkylation sites (N-methyl/N-ethyl adjacent to an activating group) is 1. The third kappa shape index (κ3) is 4.34. The van der Waals surface area contributed by atoms with Crippen molar-refractivity contribution in [3.05, 3.63) is 87.9 Å². The van der Waals surface area contributed by atoms with E-state index in [0.29, 0.717) is 23.3 Å². The van der Waals surface area contributed by atoms with E-state index in [1.54, 1.807) is 18.0 Å². The fourth-order valence-electron chi connectivity index (χ4n) is 7.02. The minimum atomic E-state index is -0.773. The lowest BCUT2D eigenvalue weighted by atomic mass is 9.79. The van der Waals surface area contributed by atoms with Crippen molar-refractivity contribution in [2.75, 3.05) is 29.9 Å². The number of aromatic hydroxyl groups is 1. The van der Waals surface area contributed by atoms with Gasteiger partial charge in [-0.15, -0.1) is 0 Å². The molecule has 1 N–H and O–H groups in total. The van der Waals surface area contributed by atoms with Crippen molar-refractivity contribution in [2.45, 2.75) is 44.2 Å². The van der Waals surface area contributed by atoms with Crippen molar-refractivity contribution < 1.29 is 19.1 Å². The number of pyridine rings is 2. The molecule has 0 radical (unpaired) electrons. The van der Waals surface area contributed by atoms with Gasteiger partial charge in [0, 0.05) is 25.0 Å². The Labute approximate surface area is 263 Å². The monoisotopic (exact) mass is 627 g/mol. The second-order valence-electron chi connectivity index (χ2n) is 12.0. The summed E-state index contributed by atoms with van der Waals surface area (Å²) in [4.78, 5) is 51.0. The summed E-state index contributed by atoms with van der Waals surface area (Å²) in [6.07, 6.45) is 4.27. The molecule has 2 amide bonds. The molecule has 45 heavy (non-hydrogen) atoms. The molecule has 1 saturated heterocycles. The van der Waals surface area contributed by atoms with Crippen LogP contribution in [0.25, 0.3) is 28.0 Å². The summed E-state index contributed by atoms with van der Waals surface area (Å²) in [6.45, 7) is 5.90. The van der Waals surface area contributed by atoms with E-state index in [9.17, 15) is 19.5 Å². The number of amides is 2. The van der Waals surface area contributed by atoms with E-state index in [2.05, 4.69) is 6.58 Å². The Morgan fingerprint density at radius 3 is 2.56 bits per heavy atom. The Morgan fingerprint density at radius 2 is 1.87 bits per heavy atom. The number of hydrogen-bond donors (Lipinski definition) is 1. The van der Waals surface area contributed by atoms with Crippen LogP contribution in [0.1, 0.15) is 37.7 Å². The number of carbonyl (C=O) groups is 2. The molecule has 2 aliphatic heterocycles. The summed E-state index contributed by atoms with van der Waals surface area (Å²) in [5, 5.41) is 11.2. The first-order valence-electron chi connectivity index (χ1n) is 15.0. The molecular formula is C34H31ClFN5O4. The van der Waals surface area contributed by atoms with Crippen LogP contribution < -0.4 is 15.4 Å². The predicted octanol–water partition coefficient (Wildman–Crippen LogP) is 5.39. The van der Waals surface area contributed by atoms with Gasteiger partial charge in [0.15, 0.2) is 0 Å².